The first-order valence-electron chi connectivity index (χ1n) is 10.2. The van der Waals surface area contributed by atoms with E-state index in [1.54, 1.807) is 0 Å². The molecule has 0 aromatic heterocycles. The Bertz CT molecular complexity index is 486. The third-order valence-corrected chi connectivity index (χ3v) is 6.02. The fourth-order valence-corrected chi connectivity index (χ4v) is 3.96. The van der Waals surface area contributed by atoms with Crippen molar-refractivity contribution in [2.75, 3.05) is 52.4 Å². The van der Waals surface area contributed by atoms with E-state index < -0.39 is 0 Å². The number of hydrogen-bond acceptors (Lipinski definition) is 3. The molecule has 2 aliphatic heterocycles. The molecule has 1 amide bonds. The van der Waals surface area contributed by atoms with Crippen LogP contribution in [0.5, 0.6) is 0 Å². The first kappa shape index (κ1) is 21.7. The summed E-state index contributed by atoms with van der Waals surface area (Å²) in [7, 11) is 0. The van der Waals surface area contributed by atoms with E-state index in [1.807, 2.05) is 4.90 Å². The number of halogens is 1. The molecule has 0 spiro atoms. The SMILES string of the molecule is CCNC(=NCC1CC1C)N1CCN(C(C)C(=O)N2CCCC2)CC1.I. The molecule has 1 aliphatic carbocycles. The van der Waals surface area contributed by atoms with Crippen molar-refractivity contribution in [3.63, 3.8) is 0 Å². The van der Waals surface area contributed by atoms with E-state index in [0.29, 0.717) is 5.91 Å². The summed E-state index contributed by atoms with van der Waals surface area (Å²) in [4.78, 5) is 24.2. The maximum absolute atomic E-state index is 12.6. The summed E-state index contributed by atoms with van der Waals surface area (Å²) < 4.78 is 0. The number of nitrogens with one attached hydrogen (secondary N) is 1. The van der Waals surface area contributed by atoms with Gasteiger partial charge in [0.1, 0.15) is 0 Å². The van der Waals surface area contributed by atoms with Crippen LogP contribution in [0.25, 0.3) is 0 Å². The zero-order valence-corrected chi connectivity index (χ0v) is 18.9. The van der Waals surface area contributed by atoms with Gasteiger partial charge in [0.05, 0.1) is 6.04 Å². The number of likely N-dealkylation sites (tertiary alicyclic amines) is 1. The predicted octanol–water partition coefficient (Wildman–Crippen LogP) is 1.85. The minimum absolute atomic E-state index is 0. The normalized spacial score (nSPS) is 27.9. The third kappa shape index (κ3) is 5.47. The molecule has 0 bridgehead atoms. The minimum atomic E-state index is 0. The predicted molar refractivity (Wildman–Crippen MR) is 117 cm³/mol. The lowest BCUT2D eigenvalue weighted by atomic mass is 10.2. The van der Waals surface area contributed by atoms with E-state index in [2.05, 4.69) is 35.9 Å². The summed E-state index contributed by atoms with van der Waals surface area (Å²) in [6.45, 7) is 14.0. The number of aliphatic imine (C=N–C) groups is 1. The number of piperazine rings is 1. The van der Waals surface area contributed by atoms with E-state index in [0.717, 1.165) is 83.0 Å². The summed E-state index contributed by atoms with van der Waals surface area (Å²) in [5, 5.41) is 3.44. The monoisotopic (exact) mass is 477 g/mol. The molecular weight excluding hydrogens is 441 g/mol. The first-order valence-corrected chi connectivity index (χ1v) is 10.2. The van der Waals surface area contributed by atoms with Crippen molar-refractivity contribution >= 4 is 35.8 Å². The van der Waals surface area contributed by atoms with Gasteiger partial charge in [-0.3, -0.25) is 14.7 Å². The number of rotatable bonds is 5. The van der Waals surface area contributed by atoms with Crippen LogP contribution in [0, 0.1) is 11.8 Å². The molecule has 3 atom stereocenters. The van der Waals surface area contributed by atoms with Crippen molar-refractivity contribution in [3.8, 4) is 0 Å². The topological polar surface area (TPSA) is 51.2 Å². The average Bonchev–Trinajstić information content (AvgIpc) is 3.11. The largest absolute Gasteiger partial charge is 0.357 e. The molecular formula is C19H36IN5O. The Morgan fingerprint density at radius 2 is 1.73 bits per heavy atom. The maximum atomic E-state index is 12.6. The van der Waals surface area contributed by atoms with Crippen LogP contribution in [0.2, 0.25) is 0 Å². The molecule has 3 rings (SSSR count). The molecule has 26 heavy (non-hydrogen) atoms. The molecule has 150 valence electrons. The van der Waals surface area contributed by atoms with Gasteiger partial charge in [0, 0.05) is 52.4 Å². The van der Waals surface area contributed by atoms with Crippen LogP contribution in [0.15, 0.2) is 4.99 Å². The average molecular weight is 477 g/mol. The summed E-state index contributed by atoms with van der Waals surface area (Å²) in [5.74, 6) is 3.00. The van der Waals surface area contributed by atoms with Gasteiger partial charge in [0.25, 0.3) is 0 Å². The van der Waals surface area contributed by atoms with Crippen molar-refractivity contribution in [1.29, 1.82) is 0 Å². The Hall–Kier alpha value is -0.570. The fraction of sp³-hybridized carbons (Fsp3) is 0.895. The smallest absolute Gasteiger partial charge is 0.239 e. The van der Waals surface area contributed by atoms with Gasteiger partial charge in [-0.15, -0.1) is 24.0 Å². The van der Waals surface area contributed by atoms with Crippen molar-refractivity contribution in [2.24, 2.45) is 16.8 Å². The zero-order chi connectivity index (χ0) is 17.8. The lowest BCUT2D eigenvalue weighted by molar-refractivity contribution is -0.135. The molecule has 0 aromatic carbocycles. The molecule has 0 radical (unpaired) electrons. The zero-order valence-electron chi connectivity index (χ0n) is 16.6. The van der Waals surface area contributed by atoms with Gasteiger partial charge < -0.3 is 15.1 Å². The standard InChI is InChI=1S/C19H35N5O.HI/c1-4-20-19(21-14-17-13-15(17)2)24-11-9-22(10-12-24)16(3)18(25)23-7-5-6-8-23;/h15-17H,4-14H2,1-3H3,(H,20,21);1H. The number of amides is 1. The number of carbonyl (C=O) groups excluding carboxylic acids is 1. The molecule has 2 saturated heterocycles. The van der Waals surface area contributed by atoms with Gasteiger partial charge in [-0.05, 0) is 44.9 Å². The van der Waals surface area contributed by atoms with Crippen molar-refractivity contribution in [3.05, 3.63) is 0 Å². The number of hydrogen-bond donors (Lipinski definition) is 1. The van der Waals surface area contributed by atoms with Gasteiger partial charge in [-0.2, -0.15) is 0 Å². The highest BCUT2D eigenvalue weighted by Gasteiger charge is 2.33. The molecule has 1 N–H and O–H groups in total. The van der Waals surface area contributed by atoms with Gasteiger partial charge in [0.15, 0.2) is 5.96 Å². The van der Waals surface area contributed by atoms with Gasteiger partial charge in [-0.25, -0.2) is 0 Å². The summed E-state index contributed by atoms with van der Waals surface area (Å²) >= 11 is 0. The Morgan fingerprint density at radius 1 is 1.12 bits per heavy atom. The fourth-order valence-electron chi connectivity index (χ4n) is 3.96. The van der Waals surface area contributed by atoms with E-state index in [-0.39, 0.29) is 30.0 Å². The van der Waals surface area contributed by atoms with E-state index in [9.17, 15) is 4.79 Å². The highest BCUT2D eigenvalue weighted by atomic mass is 127. The lowest BCUT2D eigenvalue weighted by Crippen LogP contribution is -2.57. The summed E-state index contributed by atoms with van der Waals surface area (Å²) in [6, 6.07) is 0.00656. The Balaban J connectivity index is 0.00000243. The van der Waals surface area contributed by atoms with Crippen molar-refractivity contribution in [2.45, 2.75) is 46.1 Å². The highest BCUT2D eigenvalue weighted by Crippen LogP contribution is 2.37. The van der Waals surface area contributed by atoms with E-state index in [1.165, 1.54) is 6.42 Å². The third-order valence-electron chi connectivity index (χ3n) is 6.02. The summed E-state index contributed by atoms with van der Waals surface area (Å²) in [6.07, 6.45) is 3.65. The second kappa shape index (κ2) is 10.1. The first-order chi connectivity index (χ1) is 12.1. The van der Waals surface area contributed by atoms with Crippen LogP contribution in [-0.4, -0.2) is 85.0 Å². The van der Waals surface area contributed by atoms with Crippen molar-refractivity contribution < 1.29 is 4.79 Å². The van der Waals surface area contributed by atoms with Crippen LogP contribution >= 0.6 is 24.0 Å². The second-order valence-corrected chi connectivity index (χ2v) is 7.90. The molecule has 3 unspecified atom stereocenters. The number of carbonyl (C=O) groups is 1. The molecule has 3 aliphatic rings. The molecule has 1 saturated carbocycles. The molecule has 0 aromatic rings. The number of nitrogens with zero attached hydrogens (tertiary/aromatic N) is 4. The Morgan fingerprint density at radius 3 is 2.27 bits per heavy atom. The Labute approximate surface area is 175 Å². The van der Waals surface area contributed by atoms with Crippen molar-refractivity contribution in [1.82, 2.24) is 20.0 Å². The van der Waals surface area contributed by atoms with E-state index >= 15 is 0 Å². The Kier molecular flexibility index (Phi) is 8.44. The second-order valence-electron chi connectivity index (χ2n) is 7.90. The van der Waals surface area contributed by atoms with Gasteiger partial charge in [0.2, 0.25) is 5.91 Å². The van der Waals surface area contributed by atoms with Gasteiger partial charge >= 0.3 is 0 Å². The van der Waals surface area contributed by atoms with Crippen LogP contribution in [0.3, 0.4) is 0 Å². The molecule has 2 heterocycles. The maximum Gasteiger partial charge on any atom is 0.239 e. The lowest BCUT2D eigenvalue weighted by Gasteiger charge is -2.39. The quantitative estimate of drug-likeness (QED) is 0.373. The highest BCUT2D eigenvalue weighted by molar-refractivity contribution is 14.0. The van der Waals surface area contributed by atoms with E-state index in [4.69, 9.17) is 4.99 Å². The van der Waals surface area contributed by atoms with Crippen LogP contribution in [-0.2, 0) is 4.79 Å². The molecule has 7 heteroatoms. The summed E-state index contributed by atoms with van der Waals surface area (Å²) in [5.41, 5.74) is 0. The van der Waals surface area contributed by atoms with Gasteiger partial charge in [-0.1, -0.05) is 6.92 Å². The molecule has 3 fully saturated rings. The van der Waals surface area contributed by atoms with Crippen LogP contribution in [0.1, 0.15) is 40.0 Å². The van der Waals surface area contributed by atoms with Crippen LogP contribution < -0.4 is 5.32 Å². The van der Waals surface area contributed by atoms with Crippen LogP contribution in [0.4, 0.5) is 0 Å². The minimum Gasteiger partial charge on any atom is -0.357 e. The molecule has 6 nitrogen and oxygen atoms in total. The number of guanidine groups is 1.